The number of fused-ring (bicyclic) bond motifs is 2. The quantitative estimate of drug-likeness (QED) is 0.735. The van der Waals surface area contributed by atoms with Gasteiger partial charge in [-0.2, -0.15) is 0 Å². The Bertz CT molecular complexity index is 373. The second-order valence-electron chi connectivity index (χ2n) is 5.06. The fraction of sp³-hybridized carbons (Fsp3) is 0.615. The van der Waals surface area contributed by atoms with Crippen molar-refractivity contribution in [2.75, 3.05) is 7.05 Å². The summed E-state index contributed by atoms with van der Waals surface area (Å²) >= 11 is 1.59. The van der Waals surface area contributed by atoms with Crippen LogP contribution in [0.15, 0.2) is 17.5 Å². The first-order valence-corrected chi connectivity index (χ1v) is 6.93. The molecule has 0 amide bonds. The Hall–Kier alpha value is -0.670. The highest BCUT2D eigenvalue weighted by Crippen LogP contribution is 2.38. The summed E-state index contributed by atoms with van der Waals surface area (Å²) in [6.45, 7) is 0. The zero-order valence-corrected chi connectivity index (χ0v) is 10.4. The summed E-state index contributed by atoms with van der Waals surface area (Å²) in [7, 11) is 2.22. The minimum absolute atomic E-state index is 0.285. The molecule has 3 heteroatoms. The van der Waals surface area contributed by atoms with Gasteiger partial charge in [0.1, 0.15) is 0 Å². The molecule has 2 aliphatic heterocycles. The van der Waals surface area contributed by atoms with Crippen LogP contribution in [-0.4, -0.2) is 29.8 Å². The number of carbonyl (C=O) groups excluding carboxylic acids is 1. The van der Waals surface area contributed by atoms with Gasteiger partial charge in [0.25, 0.3) is 0 Å². The molecular weight excluding hydrogens is 218 g/mol. The highest BCUT2D eigenvalue weighted by atomic mass is 32.1. The molecule has 86 valence electrons. The van der Waals surface area contributed by atoms with Gasteiger partial charge in [0.2, 0.25) is 0 Å². The van der Waals surface area contributed by atoms with Crippen LogP contribution in [0.2, 0.25) is 0 Å². The molecule has 2 saturated heterocycles. The van der Waals surface area contributed by atoms with Crippen molar-refractivity contribution in [1.29, 1.82) is 0 Å². The molecule has 0 aromatic carbocycles. The van der Waals surface area contributed by atoms with E-state index < -0.39 is 0 Å². The fourth-order valence-electron chi connectivity index (χ4n) is 3.25. The van der Waals surface area contributed by atoms with Gasteiger partial charge in [-0.1, -0.05) is 6.07 Å². The largest absolute Gasteiger partial charge is 0.300 e. The van der Waals surface area contributed by atoms with E-state index in [1.807, 2.05) is 17.5 Å². The average molecular weight is 235 g/mol. The van der Waals surface area contributed by atoms with E-state index in [0.29, 0.717) is 17.9 Å². The van der Waals surface area contributed by atoms with E-state index in [0.717, 1.165) is 17.7 Å². The highest BCUT2D eigenvalue weighted by Gasteiger charge is 2.41. The molecule has 1 unspecified atom stereocenters. The predicted octanol–water partition coefficient (Wildman–Crippen LogP) is 2.80. The summed E-state index contributed by atoms with van der Waals surface area (Å²) in [5.74, 6) is 0.673. The van der Waals surface area contributed by atoms with Crippen molar-refractivity contribution in [2.24, 2.45) is 5.92 Å². The number of hydrogen-bond donors (Lipinski definition) is 0. The van der Waals surface area contributed by atoms with Crippen LogP contribution in [0, 0.1) is 5.92 Å². The Morgan fingerprint density at radius 3 is 2.62 bits per heavy atom. The van der Waals surface area contributed by atoms with E-state index in [4.69, 9.17) is 0 Å². The summed E-state index contributed by atoms with van der Waals surface area (Å²) in [6.07, 6.45) is 4.72. The van der Waals surface area contributed by atoms with Gasteiger partial charge in [-0.05, 0) is 44.2 Å². The van der Waals surface area contributed by atoms with E-state index >= 15 is 0 Å². The molecule has 2 bridgehead atoms. The number of carbonyl (C=O) groups is 1. The van der Waals surface area contributed by atoms with Gasteiger partial charge < -0.3 is 4.90 Å². The van der Waals surface area contributed by atoms with Gasteiger partial charge in [-0.25, -0.2) is 0 Å². The van der Waals surface area contributed by atoms with E-state index in [9.17, 15) is 4.79 Å². The lowest BCUT2D eigenvalue weighted by Gasteiger charge is -2.35. The van der Waals surface area contributed by atoms with Crippen molar-refractivity contribution in [3.8, 4) is 0 Å². The molecule has 0 N–H and O–H groups in total. The van der Waals surface area contributed by atoms with Gasteiger partial charge in [-0.3, -0.25) is 4.79 Å². The lowest BCUT2D eigenvalue weighted by molar-refractivity contribution is 0.0771. The number of piperidine rings is 1. The Balaban J connectivity index is 1.76. The first-order valence-electron chi connectivity index (χ1n) is 6.05. The molecule has 3 rings (SSSR count). The molecular formula is C13H17NOS. The molecule has 3 atom stereocenters. The maximum Gasteiger partial charge on any atom is 0.175 e. The van der Waals surface area contributed by atoms with Gasteiger partial charge in [-0.15, -0.1) is 11.3 Å². The second-order valence-corrected chi connectivity index (χ2v) is 6.01. The normalized spacial score (nSPS) is 34.2. The third-order valence-corrected chi connectivity index (χ3v) is 5.12. The van der Waals surface area contributed by atoms with Crippen LogP contribution in [0.1, 0.15) is 35.4 Å². The standard InChI is InChI=1S/C13H17NOS/c1-14-10-4-5-11(14)8-9(7-10)13(15)12-3-2-6-16-12/h2-3,6,9-11H,4-5,7-8H2,1H3/t9?,10-,11+. The van der Waals surface area contributed by atoms with E-state index in [1.54, 1.807) is 11.3 Å². The van der Waals surface area contributed by atoms with Gasteiger partial charge >= 0.3 is 0 Å². The summed E-state index contributed by atoms with van der Waals surface area (Å²) in [6, 6.07) is 5.26. The van der Waals surface area contributed by atoms with Crippen molar-refractivity contribution >= 4 is 17.1 Å². The number of rotatable bonds is 2. The van der Waals surface area contributed by atoms with Crippen LogP contribution in [-0.2, 0) is 0 Å². The maximum absolute atomic E-state index is 12.3. The van der Waals surface area contributed by atoms with Crippen molar-refractivity contribution in [1.82, 2.24) is 4.90 Å². The zero-order chi connectivity index (χ0) is 11.1. The first kappa shape index (κ1) is 10.5. The van der Waals surface area contributed by atoms with Crippen molar-refractivity contribution in [2.45, 2.75) is 37.8 Å². The predicted molar refractivity (Wildman–Crippen MR) is 65.9 cm³/mol. The molecule has 3 heterocycles. The Kier molecular flexibility index (Phi) is 2.60. The summed E-state index contributed by atoms with van der Waals surface area (Å²) in [5.41, 5.74) is 0. The number of thiophene rings is 1. The fourth-order valence-corrected chi connectivity index (χ4v) is 3.99. The van der Waals surface area contributed by atoms with E-state index in [2.05, 4.69) is 11.9 Å². The Labute approximate surface area is 100 Å². The van der Waals surface area contributed by atoms with E-state index in [-0.39, 0.29) is 5.92 Å². The topological polar surface area (TPSA) is 20.3 Å². The molecule has 2 aliphatic rings. The van der Waals surface area contributed by atoms with Crippen LogP contribution < -0.4 is 0 Å². The summed E-state index contributed by atoms with van der Waals surface area (Å²) in [4.78, 5) is 15.7. The molecule has 0 radical (unpaired) electrons. The average Bonchev–Trinajstić information content (AvgIpc) is 2.85. The van der Waals surface area contributed by atoms with Crippen LogP contribution in [0.3, 0.4) is 0 Å². The van der Waals surface area contributed by atoms with Crippen molar-refractivity contribution < 1.29 is 4.79 Å². The Morgan fingerprint density at radius 1 is 1.38 bits per heavy atom. The van der Waals surface area contributed by atoms with Crippen LogP contribution in [0.25, 0.3) is 0 Å². The third-order valence-electron chi connectivity index (χ3n) is 4.23. The number of ketones is 1. The highest BCUT2D eigenvalue weighted by molar-refractivity contribution is 7.12. The van der Waals surface area contributed by atoms with Crippen LogP contribution in [0.4, 0.5) is 0 Å². The van der Waals surface area contributed by atoms with Crippen molar-refractivity contribution in [3.05, 3.63) is 22.4 Å². The first-order chi connectivity index (χ1) is 7.75. The summed E-state index contributed by atoms with van der Waals surface area (Å²) in [5, 5.41) is 2.00. The molecule has 2 nitrogen and oxygen atoms in total. The number of nitrogens with zero attached hydrogens (tertiary/aromatic N) is 1. The number of hydrogen-bond acceptors (Lipinski definition) is 3. The molecule has 0 aliphatic carbocycles. The minimum Gasteiger partial charge on any atom is -0.300 e. The maximum atomic E-state index is 12.3. The molecule has 16 heavy (non-hydrogen) atoms. The van der Waals surface area contributed by atoms with Crippen LogP contribution in [0.5, 0.6) is 0 Å². The van der Waals surface area contributed by atoms with Crippen molar-refractivity contribution in [3.63, 3.8) is 0 Å². The molecule has 0 saturated carbocycles. The van der Waals surface area contributed by atoms with Crippen LogP contribution >= 0.6 is 11.3 Å². The Morgan fingerprint density at radius 2 is 2.06 bits per heavy atom. The molecule has 1 aromatic heterocycles. The van der Waals surface area contributed by atoms with Gasteiger partial charge in [0.15, 0.2) is 5.78 Å². The lowest BCUT2D eigenvalue weighted by atomic mass is 9.87. The molecule has 0 spiro atoms. The third kappa shape index (κ3) is 1.62. The van der Waals surface area contributed by atoms with Gasteiger partial charge in [0, 0.05) is 18.0 Å². The lowest BCUT2D eigenvalue weighted by Crippen LogP contribution is -2.41. The molecule has 2 fully saturated rings. The zero-order valence-electron chi connectivity index (χ0n) is 9.56. The SMILES string of the molecule is CN1[C@@H]2CC[C@H]1CC(C(=O)c1cccs1)C2. The minimum atomic E-state index is 0.285. The summed E-state index contributed by atoms with van der Waals surface area (Å²) < 4.78 is 0. The van der Waals surface area contributed by atoms with Gasteiger partial charge in [0.05, 0.1) is 4.88 Å². The van der Waals surface area contributed by atoms with E-state index in [1.165, 1.54) is 12.8 Å². The second kappa shape index (κ2) is 3.97. The number of Topliss-reactive ketones (excluding diaryl/α,β-unsaturated/α-hetero) is 1. The monoisotopic (exact) mass is 235 g/mol. The molecule has 1 aromatic rings. The smallest absolute Gasteiger partial charge is 0.175 e.